The fourth-order valence-electron chi connectivity index (χ4n) is 4.01. The molecule has 3 rings (SSSR count). The highest BCUT2D eigenvalue weighted by Gasteiger charge is 2.25. The van der Waals surface area contributed by atoms with Crippen LogP contribution in [0.3, 0.4) is 0 Å². The van der Waals surface area contributed by atoms with Crippen LogP contribution in [0.15, 0.2) is 29.2 Å². The minimum Gasteiger partial charge on any atom is -0.494 e. The number of sulfonamides is 1. The van der Waals surface area contributed by atoms with Gasteiger partial charge in [-0.3, -0.25) is 14.5 Å². The number of hydrogen-bond acceptors (Lipinski definition) is 6. The summed E-state index contributed by atoms with van der Waals surface area (Å²) in [5, 5.41) is 0. The van der Waals surface area contributed by atoms with Gasteiger partial charge in [0.2, 0.25) is 21.8 Å². The molecule has 0 aliphatic carbocycles. The highest BCUT2D eigenvalue weighted by molar-refractivity contribution is 7.89. The summed E-state index contributed by atoms with van der Waals surface area (Å²) >= 11 is 0. The maximum Gasteiger partial charge on any atom is 0.240 e. The Morgan fingerprint density at radius 1 is 0.906 bits per heavy atom. The van der Waals surface area contributed by atoms with Gasteiger partial charge < -0.3 is 14.5 Å². The molecule has 0 spiro atoms. The number of rotatable bonds is 9. The first-order chi connectivity index (χ1) is 15.4. The molecule has 2 saturated heterocycles. The van der Waals surface area contributed by atoms with E-state index in [4.69, 9.17) is 4.74 Å². The van der Waals surface area contributed by atoms with Crippen LogP contribution in [-0.4, -0.2) is 93.9 Å². The fourth-order valence-corrected chi connectivity index (χ4v) is 5.04. The zero-order valence-corrected chi connectivity index (χ0v) is 19.6. The lowest BCUT2D eigenvalue weighted by Gasteiger charge is -2.36. The van der Waals surface area contributed by atoms with Gasteiger partial charge >= 0.3 is 0 Å². The van der Waals surface area contributed by atoms with Gasteiger partial charge in [-0.2, -0.15) is 0 Å². The van der Waals surface area contributed by atoms with Crippen LogP contribution in [-0.2, 0) is 19.6 Å². The van der Waals surface area contributed by atoms with Gasteiger partial charge in [-0.15, -0.1) is 0 Å². The molecular weight excluding hydrogens is 432 g/mol. The first kappa shape index (κ1) is 24.5. The summed E-state index contributed by atoms with van der Waals surface area (Å²) in [6, 6.07) is 6.19. The number of ether oxygens (including phenoxy) is 1. The topological polar surface area (TPSA) is 99.3 Å². The van der Waals surface area contributed by atoms with E-state index in [0.717, 1.165) is 25.9 Å². The predicted octanol–water partition coefficient (Wildman–Crippen LogP) is 0.910. The lowest BCUT2D eigenvalue weighted by Crippen LogP contribution is -2.52. The molecule has 1 N–H and O–H groups in total. The van der Waals surface area contributed by atoms with Gasteiger partial charge in [0.1, 0.15) is 5.75 Å². The van der Waals surface area contributed by atoms with Crippen LogP contribution in [0.1, 0.15) is 32.6 Å². The van der Waals surface area contributed by atoms with Crippen LogP contribution in [0.25, 0.3) is 0 Å². The van der Waals surface area contributed by atoms with Crippen molar-refractivity contribution in [3.63, 3.8) is 0 Å². The van der Waals surface area contributed by atoms with Crippen molar-refractivity contribution >= 4 is 21.8 Å². The van der Waals surface area contributed by atoms with Crippen LogP contribution >= 0.6 is 0 Å². The van der Waals surface area contributed by atoms with Crippen LogP contribution in [0.2, 0.25) is 0 Å². The van der Waals surface area contributed by atoms with Gasteiger partial charge in [0.15, 0.2) is 0 Å². The molecule has 0 atom stereocenters. The second kappa shape index (κ2) is 11.6. The number of nitrogens with zero attached hydrogens (tertiary/aromatic N) is 3. The minimum absolute atomic E-state index is 0.0437. The van der Waals surface area contributed by atoms with E-state index in [1.54, 1.807) is 17.0 Å². The molecule has 32 heavy (non-hydrogen) atoms. The number of nitrogens with one attached hydrogen (secondary N) is 1. The normalized spacial score (nSPS) is 17.9. The third-order valence-corrected chi connectivity index (χ3v) is 7.35. The summed E-state index contributed by atoms with van der Waals surface area (Å²) in [6.45, 7) is 6.94. The average molecular weight is 467 g/mol. The molecule has 0 bridgehead atoms. The molecule has 9 nitrogen and oxygen atoms in total. The van der Waals surface area contributed by atoms with Crippen LogP contribution in [0.5, 0.6) is 5.75 Å². The number of piperidine rings is 1. The number of amides is 2. The van der Waals surface area contributed by atoms with E-state index in [2.05, 4.69) is 9.62 Å². The Bertz CT molecular complexity index is 861. The van der Waals surface area contributed by atoms with Crippen molar-refractivity contribution in [2.45, 2.75) is 37.5 Å². The highest BCUT2D eigenvalue weighted by Crippen LogP contribution is 2.16. The number of carbonyl (C=O) groups is 2. The number of benzene rings is 1. The van der Waals surface area contributed by atoms with E-state index >= 15 is 0 Å². The molecular formula is C22H34N4O5S. The van der Waals surface area contributed by atoms with Crippen molar-refractivity contribution in [3.05, 3.63) is 24.3 Å². The molecule has 0 aromatic heterocycles. The molecule has 1 aromatic carbocycles. The van der Waals surface area contributed by atoms with Crippen molar-refractivity contribution in [1.82, 2.24) is 19.4 Å². The van der Waals surface area contributed by atoms with Crippen LogP contribution < -0.4 is 9.46 Å². The Morgan fingerprint density at radius 3 is 2.16 bits per heavy atom. The SMILES string of the molecule is CCOc1ccc(S(=O)(=O)NCCC(=O)N2CCN(CC(=O)N3CCCCC3)CC2)cc1. The molecule has 0 unspecified atom stereocenters. The first-order valence-electron chi connectivity index (χ1n) is 11.4. The minimum atomic E-state index is -3.68. The molecule has 2 aliphatic rings. The molecule has 10 heteroatoms. The van der Waals surface area contributed by atoms with E-state index < -0.39 is 10.0 Å². The van der Waals surface area contributed by atoms with Gasteiger partial charge in [0.05, 0.1) is 18.0 Å². The Kier molecular flexibility index (Phi) is 8.89. The lowest BCUT2D eigenvalue weighted by atomic mass is 10.1. The Labute approximate surface area is 190 Å². The highest BCUT2D eigenvalue weighted by atomic mass is 32.2. The predicted molar refractivity (Wildman–Crippen MR) is 121 cm³/mol. The second-order valence-corrected chi connectivity index (χ2v) is 9.92. The van der Waals surface area contributed by atoms with Crippen molar-refractivity contribution in [1.29, 1.82) is 0 Å². The van der Waals surface area contributed by atoms with E-state index in [1.807, 2.05) is 11.8 Å². The molecule has 2 aliphatic heterocycles. The zero-order valence-electron chi connectivity index (χ0n) is 18.8. The summed E-state index contributed by atoms with van der Waals surface area (Å²) in [5.41, 5.74) is 0. The summed E-state index contributed by atoms with van der Waals surface area (Å²) < 4.78 is 32.6. The van der Waals surface area contributed by atoms with E-state index in [1.165, 1.54) is 18.6 Å². The van der Waals surface area contributed by atoms with Crippen molar-refractivity contribution < 1.29 is 22.7 Å². The van der Waals surface area contributed by atoms with E-state index in [0.29, 0.717) is 45.1 Å². The summed E-state index contributed by atoms with van der Waals surface area (Å²) in [6.07, 6.45) is 3.45. The summed E-state index contributed by atoms with van der Waals surface area (Å²) in [4.78, 5) is 30.8. The number of carbonyl (C=O) groups excluding carboxylic acids is 2. The maximum atomic E-state index is 12.5. The molecule has 2 heterocycles. The largest absolute Gasteiger partial charge is 0.494 e. The van der Waals surface area contributed by atoms with Gasteiger partial charge in [-0.25, -0.2) is 13.1 Å². The maximum absolute atomic E-state index is 12.5. The van der Waals surface area contributed by atoms with E-state index in [9.17, 15) is 18.0 Å². The van der Waals surface area contributed by atoms with Crippen molar-refractivity contribution in [3.8, 4) is 5.75 Å². The number of likely N-dealkylation sites (tertiary alicyclic amines) is 1. The Balaban J connectivity index is 1.37. The van der Waals surface area contributed by atoms with Crippen LogP contribution in [0, 0.1) is 0 Å². The van der Waals surface area contributed by atoms with Gasteiger partial charge in [0.25, 0.3) is 0 Å². The van der Waals surface area contributed by atoms with Crippen LogP contribution in [0.4, 0.5) is 0 Å². The zero-order chi connectivity index (χ0) is 23.0. The standard InChI is InChI=1S/C22H34N4O5S/c1-2-31-19-6-8-20(9-7-19)32(29,30)23-11-10-21(27)26-16-14-24(15-17-26)18-22(28)25-12-4-3-5-13-25/h6-9,23H,2-5,10-18H2,1H3. The van der Waals surface area contributed by atoms with Crippen molar-refractivity contribution in [2.24, 2.45) is 0 Å². The summed E-state index contributed by atoms with van der Waals surface area (Å²) in [5.74, 6) is 0.702. The first-order valence-corrected chi connectivity index (χ1v) is 12.9. The van der Waals surface area contributed by atoms with Gasteiger partial charge in [-0.1, -0.05) is 0 Å². The molecule has 2 amide bonds. The molecule has 178 valence electrons. The molecule has 0 radical (unpaired) electrons. The smallest absolute Gasteiger partial charge is 0.240 e. The van der Waals surface area contributed by atoms with E-state index in [-0.39, 0.29) is 29.7 Å². The molecule has 2 fully saturated rings. The third kappa shape index (κ3) is 6.91. The number of hydrogen-bond donors (Lipinski definition) is 1. The van der Waals surface area contributed by atoms with Gasteiger partial charge in [-0.05, 0) is 50.5 Å². The Morgan fingerprint density at radius 2 is 1.53 bits per heavy atom. The molecule has 0 saturated carbocycles. The molecule has 1 aromatic rings. The Hall–Kier alpha value is -2.17. The fraction of sp³-hybridized carbons (Fsp3) is 0.636. The quantitative estimate of drug-likeness (QED) is 0.581. The second-order valence-electron chi connectivity index (χ2n) is 8.15. The number of piperazine rings is 1. The monoisotopic (exact) mass is 466 g/mol. The van der Waals surface area contributed by atoms with Crippen molar-refractivity contribution in [2.75, 3.05) is 59.0 Å². The van der Waals surface area contributed by atoms with Gasteiger partial charge in [0, 0.05) is 52.2 Å². The average Bonchev–Trinajstić information content (AvgIpc) is 2.80. The summed E-state index contributed by atoms with van der Waals surface area (Å²) in [7, 11) is -3.68. The third-order valence-electron chi connectivity index (χ3n) is 5.87. The lowest BCUT2D eigenvalue weighted by molar-refractivity contribution is -0.135.